The predicted molar refractivity (Wildman–Crippen MR) is 128 cm³/mol. The molecular weight excluding hydrogens is 498 g/mol. The van der Waals surface area contributed by atoms with Gasteiger partial charge in [0.25, 0.3) is 0 Å². The molecule has 11 heteroatoms. The summed E-state index contributed by atoms with van der Waals surface area (Å²) >= 11 is 6.21. The first-order chi connectivity index (χ1) is 15.1. The first-order valence-corrected chi connectivity index (χ1v) is 12.1. The van der Waals surface area contributed by atoms with Gasteiger partial charge in [0.1, 0.15) is 0 Å². The van der Waals surface area contributed by atoms with Gasteiger partial charge in [0.15, 0.2) is 5.17 Å². The molecule has 0 saturated heterocycles. The maximum Gasteiger partial charge on any atom is 0.239 e. The van der Waals surface area contributed by atoms with E-state index in [9.17, 15) is 4.79 Å². The molecule has 3 aromatic rings. The average Bonchev–Trinajstić information content (AvgIpc) is 3.27. The van der Waals surface area contributed by atoms with Crippen LogP contribution in [-0.2, 0) is 4.79 Å². The van der Waals surface area contributed by atoms with Crippen LogP contribution in [0.4, 0.5) is 0 Å². The number of tetrazole rings is 1. The van der Waals surface area contributed by atoms with Gasteiger partial charge >= 0.3 is 0 Å². The summed E-state index contributed by atoms with van der Waals surface area (Å²) in [6.07, 6.45) is 0.615. The molecule has 0 spiro atoms. The monoisotopic (exact) mass is 515 g/mol. The Kier molecular flexibility index (Phi) is 7.15. The lowest BCUT2D eigenvalue weighted by Gasteiger charge is -2.16. The van der Waals surface area contributed by atoms with Crippen molar-refractivity contribution in [3.8, 4) is 5.69 Å². The van der Waals surface area contributed by atoms with Crippen molar-refractivity contribution in [1.29, 1.82) is 0 Å². The number of amides is 1. The van der Waals surface area contributed by atoms with Crippen LogP contribution in [0.15, 0.2) is 74.4 Å². The molecule has 1 aromatic heterocycles. The molecule has 0 aliphatic carbocycles. The molecule has 0 radical (unpaired) electrons. The third kappa shape index (κ3) is 5.41. The van der Waals surface area contributed by atoms with Crippen molar-refractivity contribution in [2.24, 2.45) is 10.2 Å². The number of hydrogen-bond donors (Lipinski definition) is 1. The van der Waals surface area contributed by atoms with E-state index in [2.05, 4.69) is 47.0 Å². The number of carbonyl (C=O) groups excluding carboxylic acids is 1. The molecule has 2 heterocycles. The minimum atomic E-state index is -0.367. The number of aromatic nitrogens is 4. The highest BCUT2D eigenvalue weighted by Crippen LogP contribution is 2.25. The molecule has 158 valence electrons. The summed E-state index contributed by atoms with van der Waals surface area (Å²) < 4.78 is 2.64. The summed E-state index contributed by atoms with van der Waals surface area (Å²) in [4.78, 5) is 12.8. The number of carbonyl (C=O) groups is 1. The quantitative estimate of drug-likeness (QED) is 0.499. The SMILES string of the molecule is CC[C@@H](Sc1nnnn1-c1ccccc1)C(=O)NC1=NN=C(c2ccc(Br)cc2)CS1. The van der Waals surface area contributed by atoms with Gasteiger partial charge in [0, 0.05) is 10.2 Å². The highest BCUT2D eigenvalue weighted by molar-refractivity contribution is 9.10. The third-order valence-electron chi connectivity index (χ3n) is 4.37. The van der Waals surface area contributed by atoms with Crippen LogP contribution < -0.4 is 5.32 Å². The second-order valence-electron chi connectivity index (χ2n) is 6.46. The Morgan fingerprint density at radius 3 is 2.65 bits per heavy atom. The zero-order valence-corrected chi connectivity index (χ0v) is 19.7. The van der Waals surface area contributed by atoms with E-state index in [-0.39, 0.29) is 11.2 Å². The normalized spacial score (nSPS) is 14.5. The molecule has 0 saturated carbocycles. The number of nitrogens with one attached hydrogen (secondary N) is 1. The fourth-order valence-corrected chi connectivity index (χ4v) is 4.71. The van der Waals surface area contributed by atoms with E-state index in [1.54, 1.807) is 4.68 Å². The van der Waals surface area contributed by atoms with Crippen molar-refractivity contribution in [1.82, 2.24) is 25.5 Å². The van der Waals surface area contributed by atoms with Crippen LogP contribution in [0.25, 0.3) is 5.69 Å². The van der Waals surface area contributed by atoms with Gasteiger partial charge in [-0.3, -0.25) is 4.79 Å². The summed E-state index contributed by atoms with van der Waals surface area (Å²) in [6.45, 7) is 1.95. The van der Waals surface area contributed by atoms with Crippen LogP contribution >= 0.6 is 39.5 Å². The number of hydrogen-bond acceptors (Lipinski definition) is 8. The molecule has 31 heavy (non-hydrogen) atoms. The molecule has 1 aliphatic rings. The summed E-state index contributed by atoms with van der Waals surface area (Å²) in [5, 5.41) is 23.9. The molecule has 0 bridgehead atoms. The van der Waals surface area contributed by atoms with Gasteiger partial charge in [-0.05, 0) is 46.7 Å². The summed E-state index contributed by atoms with van der Waals surface area (Å²) in [7, 11) is 0. The van der Waals surface area contributed by atoms with Crippen molar-refractivity contribution >= 4 is 56.2 Å². The Balaban J connectivity index is 1.42. The summed E-state index contributed by atoms with van der Waals surface area (Å²) in [5.74, 6) is 0.486. The Hall–Kier alpha value is -2.50. The van der Waals surface area contributed by atoms with Gasteiger partial charge in [-0.2, -0.15) is 9.78 Å². The molecule has 4 rings (SSSR count). The van der Waals surface area contributed by atoms with Crippen molar-refractivity contribution in [2.75, 3.05) is 5.75 Å². The van der Waals surface area contributed by atoms with Crippen LogP contribution in [0, 0.1) is 0 Å². The standard InChI is InChI=1S/C20H18BrN7OS2/c1-2-17(31-20-25-26-27-28(20)15-6-4-3-5-7-15)18(29)22-19-24-23-16(12-30-19)13-8-10-14(21)11-9-13/h3-11,17H,2,12H2,1H3,(H,22,24,29)/t17-/m1/s1. The van der Waals surface area contributed by atoms with Gasteiger partial charge in [-0.25, -0.2) is 0 Å². The smallest absolute Gasteiger partial charge is 0.239 e. The molecule has 8 nitrogen and oxygen atoms in total. The van der Waals surface area contributed by atoms with Gasteiger partial charge in [-0.15, -0.1) is 10.2 Å². The highest BCUT2D eigenvalue weighted by Gasteiger charge is 2.24. The van der Waals surface area contributed by atoms with E-state index in [1.165, 1.54) is 23.5 Å². The maximum absolute atomic E-state index is 12.8. The van der Waals surface area contributed by atoms with Crippen LogP contribution in [0.1, 0.15) is 18.9 Å². The number of halogens is 1. The summed E-state index contributed by atoms with van der Waals surface area (Å²) in [6, 6.07) is 17.5. The minimum absolute atomic E-state index is 0.149. The highest BCUT2D eigenvalue weighted by atomic mass is 79.9. The lowest BCUT2D eigenvalue weighted by atomic mass is 10.1. The lowest BCUT2D eigenvalue weighted by molar-refractivity contribution is -0.119. The Morgan fingerprint density at radius 1 is 1.19 bits per heavy atom. The number of amidine groups is 1. The van der Waals surface area contributed by atoms with E-state index in [1.807, 2.05) is 61.5 Å². The minimum Gasteiger partial charge on any atom is -0.303 e. The molecule has 1 N–H and O–H groups in total. The molecule has 0 unspecified atom stereocenters. The average molecular weight is 516 g/mol. The number of benzene rings is 2. The van der Waals surface area contributed by atoms with Crippen LogP contribution in [-0.4, -0.2) is 48.0 Å². The maximum atomic E-state index is 12.8. The number of nitrogens with zero attached hydrogens (tertiary/aromatic N) is 6. The first kappa shape index (κ1) is 21.7. The number of rotatable bonds is 6. The largest absolute Gasteiger partial charge is 0.303 e. The zero-order valence-electron chi connectivity index (χ0n) is 16.5. The first-order valence-electron chi connectivity index (χ1n) is 9.48. The second kappa shape index (κ2) is 10.2. The van der Waals surface area contributed by atoms with Crippen molar-refractivity contribution in [2.45, 2.75) is 23.8 Å². The predicted octanol–water partition coefficient (Wildman–Crippen LogP) is 3.92. The van der Waals surface area contributed by atoms with Gasteiger partial charge in [0.2, 0.25) is 11.1 Å². The van der Waals surface area contributed by atoms with E-state index in [0.717, 1.165) is 21.4 Å². The molecule has 1 aliphatic heterocycles. The molecule has 0 fully saturated rings. The topological polar surface area (TPSA) is 97.4 Å². The van der Waals surface area contributed by atoms with E-state index < -0.39 is 0 Å². The zero-order chi connectivity index (χ0) is 21.6. The van der Waals surface area contributed by atoms with Crippen molar-refractivity contribution in [3.05, 3.63) is 64.6 Å². The molecule has 2 aromatic carbocycles. The third-order valence-corrected chi connectivity index (χ3v) is 7.07. The van der Waals surface area contributed by atoms with Gasteiger partial charge in [0.05, 0.1) is 16.6 Å². The fraction of sp³-hybridized carbons (Fsp3) is 0.200. The van der Waals surface area contributed by atoms with Crippen LogP contribution in [0.2, 0.25) is 0 Å². The second-order valence-corrected chi connectivity index (χ2v) is 9.51. The molecule has 1 amide bonds. The van der Waals surface area contributed by atoms with Crippen molar-refractivity contribution < 1.29 is 4.79 Å². The number of thioether (sulfide) groups is 2. The molecule has 1 atom stereocenters. The van der Waals surface area contributed by atoms with Crippen LogP contribution in [0.3, 0.4) is 0 Å². The van der Waals surface area contributed by atoms with Gasteiger partial charge < -0.3 is 5.32 Å². The fourth-order valence-electron chi connectivity index (χ4n) is 2.76. The van der Waals surface area contributed by atoms with Crippen molar-refractivity contribution in [3.63, 3.8) is 0 Å². The number of para-hydroxylation sites is 1. The Labute approximate surface area is 196 Å². The van der Waals surface area contributed by atoms with Gasteiger partial charge in [-0.1, -0.05) is 76.7 Å². The summed E-state index contributed by atoms with van der Waals surface area (Å²) in [5.41, 5.74) is 2.73. The Morgan fingerprint density at radius 2 is 1.97 bits per heavy atom. The van der Waals surface area contributed by atoms with Crippen LogP contribution in [0.5, 0.6) is 0 Å². The van der Waals surface area contributed by atoms with E-state index >= 15 is 0 Å². The lowest BCUT2D eigenvalue weighted by Crippen LogP contribution is -2.37. The Bertz CT molecular complexity index is 1120. The van der Waals surface area contributed by atoms with E-state index in [0.29, 0.717) is 22.5 Å². The van der Waals surface area contributed by atoms with E-state index in [4.69, 9.17) is 0 Å². The molecular formula is C20H18BrN7OS2.